The van der Waals surface area contributed by atoms with E-state index in [-0.39, 0.29) is 6.10 Å². The standard InChI is InChI=1S/C14H23NO2/c1-3-12-5-4-6-14(15-17)10-9-13(12)8-7-11(2)16/h9-12,16H,3-8H2,1-2H3/b13-9-,14-10+. The van der Waals surface area contributed by atoms with Crippen LogP contribution in [0.2, 0.25) is 0 Å². The van der Waals surface area contributed by atoms with Crippen LogP contribution in [0.25, 0.3) is 0 Å². The second-order valence-corrected chi connectivity index (χ2v) is 4.88. The van der Waals surface area contributed by atoms with E-state index in [1.54, 1.807) is 0 Å². The summed E-state index contributed by atoms with van der Waals surface area (Å²) in [6.07, 6.45) is 9.42. The molecular weight excluding hydrogens is 214 g/mol. The molecule has 0 aliphatic heterocycles. The SMILES string of the molecule is CCC1CCC/C(N=O)=C\C=C/1CCC(C)O. The van der Waals surface area contributed by atoms with Crippen molar-refractivity contribution in [2.75, 3.05) is 0 Å². The van der Waals surface area contributed by atoms with Crippen LogP contribution in [0.3, 0.4) is 0 Å². The number of nitroso groups, excluding NO2 is 1. The molecule has 0 bridgehead atoms. The first-order valence-electron chi connectivity index (χ1n) is 6.58. The fourth-order valence-corrected chi connectivity index (χ4v) is 2.34. The van der Waals surface area contributed by atoms with Gasteiger partial charge in [-0.05, 0) is 62.6 Å². The van der Waals surface area contributed by atoms with Crippen molar-refractivity contribution in [2.45, 2.75) is 58.5 Å². The summed E-state index contributed by atoms with van der Waals surface area (Å²) in [5.74, 6) is 0.596. The molecule has 3 heteroatoms. The smallest absolute Gasteiger partial charge is 0.0849 e. The summed E-state index contributed by atoms with van der Waals surface area (Å²) in [5, 5.41) is 12.4. The molecule has 0 fully saturated rings. The molecular formula is C14H23NO2. The molecule has 0 radical (unpaired) electrons. The van der Waals surface area contributed by atoms with Gasteiger partial charge in [-0.3, -0.25) is 0 Å². The third-order valence-electron chi connectivity index (χ3n) is 3.46. The van der Waals surface area contributed by atoms with Crippen molar-refractivity contribution >= 4 is 0 Å². The van der Waals surface area contributed by atoms with Crippen LogP contribution in [0.5, 0.6) is 0 Å². The van der Waals surface area contributed by atoms with Crippen molar-refractivity contribution in [3.8, 4) is 0 Å². The lowest BCUT2D eigenvalue weighted by Crippen LogP contribution is -2.08. The topological polar surface area (TPSA) is 49.7 Å². The molecule has 0 saturated heterocycles. The maximum absolute atomic E-state index is 10.6. The number of rotatable bonds is 5. The molecule has 0 aromatic heterocycles. The Kier molecular flexibility index (Phi) is 6.12. The Labute approximate surface area is 104 Å². The monoisotopic (exact) mass is 237 g/mol. The highest BCUT2D eigenvalue weighted by molar-refractivity contribution is 5.21. The van der Waals surface area contributed by atoms with Gasteiger partial charge in [-0.25, -0.2) is 0 Å². The molecule has 0 aromatic rings. The van der Waals surface area contributed by atoms with Gasteiger partial charge < -0.3 is 5.11 Å². The number of aliphatic hydroxyl groups excluding tert-OH is 1. The fourth-order valence-electron chi connectivity index (χ4n) is 2.34. The van der Waals surface area contributed by atoms with E-state index in [0.717, 1.165) is 38.5 Å². The Morgan fingerprint density at radius 3 is 2.88 bits per heavy atom. The van der Waals surface area contributed by atoms with Gasteiger partial charge in [0.15, 0.2) is 0 Å². The van der Waals surface area contributed by atoms with E-state index in [9.17, 15) is 10.0 Å². The van der Waals surface area contributed by atoms with Crippen LogP contribution < -0.4 is 0 Å². The highest BCUT2D eigenvalue weighted by atomic mass is 16.3. The molecule has 2 unspecified atom stereocenters. The van der Waals surface area contributed by atoms with Crippen LogP contribution >= 0.6 is 0 Å². The van der Waals surface area contributed by atoms with Crippen LogP contribution in [-0.4, -0.2) is 11.2 Å². The summed E-state index contributed by atoms with van der Waals surface area (Å²) < 4.78 is 0. The average molecular weight is 237 g/mol. The Bertz CT molecular complexity index is 305. The zero-order valence-electron chi connectivity index (χ0n) is 10.9. The van der Waals surface area contributed by atoms with Crippen molar-refractivity contribution in [3.63, 3.8) is 0 Å². The van der Waals surface area contributed by atoms with Gasteiger partial charge in [0.05, 0.1) is 11.8 Å². The van der Waals surface area contributed by atoms with Crippen molar-refractivity contribution in [1.29, 1.82) is 0 Å². The summed E-state index contributed by atoms with van der Waals surface area (Å²) >= 11 is 0. The first kappa shape index (κ1) is 14.1. The first-order valence-corrected chi connectivity index (χ1v) is 6.58. The number of nitrogens with zero attached hydrogens (tertiary/aromatic N) is 1. The largest absolute Gasteiger partial charge is 0.393 e. The quantitative estimate of drug-likeness (QED) is 0.736. The molecule has 1 rings (SSSR count). The van der Waals surface area contributed by atoms with E-state index >= 15 is 0 Å². The van der Waals surface area contributed by atoms with Crippen molar-refractivity contribution in [1.82, 2.24) is 0 Å². The molecule has 2 atom stereocenters. The minimum Gasteiger partial charge on any atom is -0.393 e. The molecule has 0 amide bonds. The van der Waals surface area contributed by atoms with E-state index in [2.05, 4.69) is 12.1 Å². The second kappa shape index (κ2) is 7.38. The summed E-state index contributed by atoms with van der Waals surface area (Å²) in [6, 6.07) is 0. The van der Waals surface area contributed by atoms with Crippen molar-refractivity contribution < 1.29 is 5.11 Å². The Morgan fingerprint density at radius 2 is 2.29 bits per heavy atom. The van der Waals surface area contributed by atoms with Crippen LogP contribution in [0, 0.1) is 10.8 Å². The minimum absolute atomic E-state index is 0.258. The van der Waals surface area contributed by atoms with Gasteiger partial charge in [0, 0.05) is 0 Å². The highest BCUT2D eigenvalue weighted by Crippen LogP contribution is 2.29. The van der Waals surface area contributed by atoms with E-state index < -0.39 is 0 Å². The number of allylic oxidation sites excluding steroid dienone is 4. The molecule has 0 aromatic carbocycles. The predicted molar refractivity (Wildman–Crippen MR) is 70.5 cm³/mol. The van der Waals surface area contributed by atoms with Gasteiger partial charge in [0.25, 0.3) is 0 Å². The summed E-state index contributed by atoms with van der Waals surface area (Å²) in [6.45, 7) is 4.02. The van der Waals surface area contributed by atoms with Crippen LogP contribution in [0.4, 0.5) is 0 Å². The van der Waals surface area contributed by atoms with Crippen LogP contribution in [0.1, 0.15) is 52.4 Å². The van der Waals surface area contributed by atoms with E-state index in [1.807, 2.05) is 19.1 Å². The van der Waals surface area contributed by atoms with Gasteiger partial charge in [-0.1, -0.05) is 18.6 Å². The number of hydrogen-bond acceptors (Lipinski definition) is 3. The molecule has 0 saturated carbocycles. The van der Waals surface area contributed by atoms with E-state index in [0.29, 0.717) is 11.6 Å². The lowest BCUT2D eigenvalue weighted by Gasteiger charge is -2.21. The highest BCUT2D eigenvalue weighted by Gasteiger charge is 2.15. The summed E-state index contributed by atoms with van der Waals surface area (Å²) in [4.78, 5) is 10.6. The summed E-state index contributed by atoms with van der Waals surface area (Å²) in [5.41, 5.74) is 2.00. The molecule has 0 spiro atoms. The maximum Gasteiger partial charge on any atom is 0.0849 e. The van der Waals surface area contributed by atoms with Gasteiger partial charge >= 0.3 is 0 Å². The van der Waals surface area contributed by atoms with Crippen LogP contribution in [0.15, 0.2) is 28.6 Å². The summed E-state index contributed by atoms with van der Waals surface area (Å²) in [7, 11) is 0. The zero-order chi connectivity index (χ0) is 12.7. The molecule has 3 nitrogen and oxygen atoms in total. The molecule has 17 heavy (non-hydrogen) atoms. The lowest BCUT2D eigenvalue weighted by atomic mass is 9.86. The van der Waals surface area contributed by atoms with Gasteiger partial charge in [-0.2, -0.15) is 0 Å². The van der Waals surface area contributed by atoms with E-state index in [1.165, 1.54) is 5.57 Å². The predicted octanol–water partition coefficient (Wildman–Crippen LogP) is 3.93. The van der Waals surface area contributed by atoms with Gasteiger partial charge in [0.1, 0.15) is 0 Å². The third-order valence-corrected chi connectivity index (χ3v) is 3.46. The Balaban J connectivity index is 2.77. The number of aliphatic hydroxyl groups is 1. The zero-order valence-corrected chi connectivity index (χ0v) is 10.9. The molecule has 1 N–H and O–H groups in total. The lowest BCUT2D eigenvalue weighted by molar-refractivity contribution is 0.183. The van der Waals surface area contributed by atoms with E-state index in [4.69, 9.17) is 0 Å². The van der Waals surface area contributed by atoms with Crippen LogP contribution in [-0.2, 0) is 0 Å². The van der Waals surface area contributed by atoms with Gasteiger partial charge in [-0.15, -0.1) is 4.91 Å². The van der Waals surface area contributed by atoms with Crippen molar-refractivity contribution in [2.24, 2.45) is 11.1 Å². The Morgan fingerprint density at radius 1 is 1.53 bits per heavy atom. The molecule has 0 heterocycles. The molecule has 1 aliphatic carbocycles. The van der Waals surface area contributed by atoms with Crippen molar-refractivity contribution in [3.05, 3.63) is 28.3 Å². The normalized spacial score (nSPS) is 29.2. The maximum atomic E-state index is 10.6. The Hall–Kier alpha value is -0.960. The first-order chi connectivity index (χ1) is 8.17. The molecule has 96 valence electrons. The average Bonchev–Trinajstić information content (AvgIpc) is 2.28. The third kappa shape index (κ3) is 4.82. The minimum atomic E-state index is -0.258. The fraction of sp³-hybridized carbons (Fsp3) is 0.714. The molecule has 1 aliphatic rings. The van der Waals surface area contributed by atoms with Gasteiger partial charge in [0.2, 0.25) is 0 Å². The second-order valence-electron chi connectivity index (χ2n) is 4.88. The number of hydrogen-bond donors (Lipinski definition) is 1.